The van der Waals surface area contributed by atoms with Crippen molar-refractivity contribution in [2.24, 2.45) is 0 Å². The Hall–Kier alpha value is -3.36. The Morgan fingerprint density at radius 3 is 2.84 bits per heavy atom. The van der Waals surface area contributed by atoms with Gasteiger partial charge in [-0.05, 0) is 58.2 Å². The SMILES string of the molecule is Cc1cccc(Nc2nc(N3CCCC(NC(=O)OC(C)(C)C)C3)nc3c2C(=O)NC3)c1. The molecule has 3 N–H and O–H groups in total. The zero-order chi connectivity index (χ0) is 22.9. The van der Waals surface area contributed by atoms with Crippen LogP contribution in [0.15, 0.2) is 24.3 Å². The zero-order valence-corrected chi connectivity index (χ0v) is 19.0. The highest BCUT2D eigenvalue weighted by atomic mass is 16.6. The highest BCUT2D eigenvalue weighted by Gasteiger charge is 2.30. The van der Waals surface area contributed by atoms with Gasteiger partial charge >= 0.3 is 6.09 Å². The first-order valence-corrected chi connectivity index (χ1v) is 11.0. The van der Waals surface area contributed by atoms with Gasteiger partial charge in [0, 0.05) is 24.8 Å². The Morgan fingerprint density at radius 1 is 1.28 bits per heavy atom. The molecule has 0 saturated carbocycles. The van der Waals surface area contributed by atoms with Gasteiger partial charge in [0.25, 0.3) is 5.91 Å². The number of rotatable bonds is 4. The van der Waals surface area contributed by atoms with Crippen LogP contribution in [0.4, 0.5) is 22.2 Å². The summed E-state index contributed by atoms with van der Waals surface area (Å²) in [5, 5.41) is 9.09. The molecule has 0 radical (unpaired) electrons. The molecule has 0 spiro atoms. The maximum Gasteiger partial charge on any atom is 0.407 e. The smallest absolute Gasteiger partial charge is 0.407 e. The van der Waals surface area contributed by atoms with Crippen LogP contribution in [-0.2, 0) is 11.3 Å². The number of fused-ring (bicyclic) bond motifs is 1. The Morgan fingerprint density at radius 2 is 2.09 bits per heavy atom. The van der Waals surface area contributed by atoms with Gasteiger partial charge in [-0.1, -0.05) is 12.1 Å². The molecule has 170 valence electrons. The highest BCUT2D eigenvalue weighted by molar-refractivity contribution is 6.02. The molecular formula is C23H30N6O3. The predicted molar refractivity (Wildman–Crippen MR) is 122 cm³/mol. The molecule has 2 aliphatic rings. The topological polar surface area (TPSA) is 108 Å². The molecule has 1 unspecified atom stereocenters. The molecule has 2 aromatic rings. The van der Waals surface area contributed by atoms with Gasteiger partial charge in [-0.3, -0.25) is 4.79 Å². The quantitative estimate of drug-likeness (QED) is 0.672. The number of carbonyl (C=O) groups is 2. The fourth-order valence-corrected chi connectivity index (χ4v) is 3.96. The van der Waals surface area contributed by atoms with E-state index in [1.54, 1.807) is 0 Å². The number of alkyl carbamates (subject to hydrolysis) is 1. The van der Waals surface area contributed by atoms with Crippen LogP contribution in [0.25, 0.3) is 0 Å². The molecule has 9 nitrogen and oxygen atoms in total. The summed E-state index contributed by atoms with van der Waals surface area (Å²) in [6.07, 6.45) is 1.32. The first-order valence-electron chi connectivity index (χ1n) is 11.0. The number of aromatic nitrogens is 2. The lowest BCUT2D eigenvalue weighted by Crippen LogP contribution is -2.49. The van der Waals surface area contributed by atoms with Crippen LogP contribution in [0.1, 0.15) is 55.2 Å². The van der Waals surface area contributed by atoms with Gasteiger partial charge in [0.05, 0.1) is 12.2 Å². The van der Waals surface area contributed by atoms with Crippen LogP contribution in [0, 0.1) is 6.92 Å². The molecule has 1 aromatic heterocycles. The second-order valence-corrected chi connectivity index (χ2v) is 9.30. The lowest BCUT2D eigenvalue weighted by molar-refractivity contribution is 0.0499. The molecule has 1 aromatic carbocycles. The van der Waals surface area contributed by atoms with Crippen LogP contribution in [0.5, 0.6) is 0 Å². The lowest BCUT2D eigenvalue weighted by Gasteiger charge is -2.34. The van der Waals surface area contributed by atoms with Crippen LogP contribution >= 0.6 is 0 Å². The summed E-state index contributed by atoms with van der Waals surface area (Å²) in [6, 6.07) is 7.85. The number of amides is 2. The third kappa shape index (κ3) is 5.09. The van der Waals surface area contributed by atoms with Crippen molar-refractivity contribution in [3.63, 3.8) is 0 Å². The van der Waals surface area contributed by atoms with E-state index in [1.807, 2.05) is 52.0 Å². The highest BCUT2D eigenvalue weighted by Crippen LogP contribution is 2.28. The molecule has 1 saturated heterocycles. The minimum atomic E-state index is -0.544. The van der Waals surface area contributed by atoms with Crippen molar-refractivity contribution < 1.29 is 14.3 Å². The van der Waals surface area contributed by atoms with Crippen molar-refractivity contribution in [3.8, 4) is 0 Å². The van der Waals surface area contributed by atoms with Gasteiger partial charge in [-0.15, -0.1) is 0 Å². The van der Waals surface area contributed by atoms with E-state index < -0.39 is 11.7 Å². The minimum Gasteiger partial charge on any atom is -0.444 e. The summed E-state index contributed by atoms with van der Waals surface area (Å²) in [6.45, 7) is 9.27. The monoisotopic (exact) mass is 438 g/mol. The molecule has 4 rings (SSSR count). The van der Waals surface area contributed by atoms with Gasteiger partial charge in [-0.25, -0.2) is 9.78 Å². The summed E-state index contributed by atoms with van der Waals surface area (Å²) in [5.74, 6) is 0.865. The molecule has 3 heterocycles. The van der Waals surface area contributed by atoms with E-state index in [-0.39, 0.29) is 11.9 Å². The van der Waals surface area contributed by atoms with E-state index in [0.29, 0.717) is 36.1 Å². The summed E-state index contributed by atoms with van der Waals surface area (Å²) >= 11 is 0. The normalized spacial score (nSPS) is 18.1. The fourth-order valence-electron chi connectivity index (χ4n) is 3.96. The molecule has 9 heteroatoms. The van der Waals surface area contributed by atoms with Crippen molar-refractivity contribution in [1.82, 2.24) is 20.6 Å². The van der Waals surface area contributed by atoms with Gasteiger partial charge in [0.2, 0.25) is 5.95 Å². The van der Waals surface area contributed by atoms with E-state index in [2.05, 4.69) is 25.8 Å². The Bertz CT molecular complexity index is 1030. The number of carbonyl (C=O) groups excluding carboxylic acids is 2. The number of hydrogen-bond donors (Lipinski definition) is 3. The Balaban J connectivity index is 1.55. The summed E-state index contributed by atoms with van der Waals surface area (Å²) in [7, 11) is 0. The first kappa shape index (κ1) is 21.9. The van der Waals surface area contributed by atoms with E-state index in [1.165, 1.54) is 0 Å². The van der Waals surface area contributed by atoms with E-state index >= 15 is 0 Å². The van der Waals surface area contributed by atoms with E-state index in [0.717, 1.165) is 30.6 Å². The Kier molecular flexibility index (Phi) is 5.90. The average Bonchev–Trinajstić information content (AvgIpc) is 3.08. The molecule has 2 amide bonds. The maximum absolute atomic E-state index is 12.4. The number of nitrogens with zero attached hydrogens (tertiary/aromatic N) is 3. The summed E-state index contributed by atoms with van der Waals surface area (Å²) in [5.41, 5.74) is 2.59. The van der Waals surface area contributed by atoms with E-state index in [9.17, 15) is 9.59 Å². The van der Waals surface area contributed by atoms with Gasteiger partial charge in [0.1, 0.15) is 17.0 Å². The zero-order valence-electron chi connectivity index (χ0n) is 19.0. The third-order valence-electron chi connectivity index (χ3n) is 5.32. The van der Waals surface area contributed by atoms with Crippen molar-refractivity contribution in [2.75, 3.05) is 23.3 Å². The minimum absolute atomic E-state index is 0.0663. The number of anilines is 3. The van der Waals surface area contributed by atoms with Crippen LogP contribution in [0.2, 0.25) is 0 Å². The molecule has 1 fully saturated rings. The predicted octanol–water partition coefficient (Wildman–Crippen LogP) is 3.27. The van der Waals surface area contributed by atoms with Crippen LogP contribution in [0.3, 0.4) is 0 Å². The number of hydrogen-bond acceptors (Lipinski definition) is 7. The number of piperidine rings is 1. The van der Waals surface area contributed by atoms with E-state index in [4.69, 9.17) is 9.72 Å². The largest absolute Gasteiger partial charge is 0.444 e. The molecule has 2 aliphatic heterocycles. The van der Waals surface area contributed by atoms with Crippen molar-refractivity contribution in [3.05, 3.63) is 41.1 Å². The van der Waals surface area contributed by atoms with Crippen molar-refractivity contribution in [2.45, 2.75) is 58.7 Å². The van der Waals surface area contributed by atoms with Crippen LogP contribution in [-0.4, -0.2) is 46.7 Å². The fraction of sp³-hybridized carbons (Fsp3) is 0.478. The van der Waals surface area contributed by atoms with Gasteiger partial charge < -0.3 is 25.6 Å². The number of aryl methyl sites for hydroxylation is 1. The molecular weight excluding hydrogens is 408 g/mol. The van der Waals surface area contributed by atoms with Crippen molar-refractivity contribution in [1.29, 1.82) is 0 Å². The van der Waals surface area contributed by atoms with Gasteiger partial charge in [-0.2, -0.15) is 4.98 Å². The summed E-state index contributed by atoms with van der Waals surface area (Å²) < 4.78 is 5.39. The van der Waals surface area contributed by atoms with Gasteiger partial charge in [0.15, 0.2) is 0 Å². The third-order valence-corrected chi connectivity index (χ3v) is 5.32. The average molecular weight is 439 g/mol. The standard InChI is InChI=1S/C23H30N6O3/c1-14-7-5-8-15(11-14)25-19-18-17(12-24-20(18)30)27-21(28-19)29-10-6-9-16(13-29)26-22(31)32-23(2,3)4/h5,7-8,11,16H,6,9-10,12-13H2,1-4H3,(H,24,30)(H,26,31)(H,25,27,28). The molecule has 32 heavy (non-hydrogen) atoms. The number of ether oxygens (including phenoxy) is 1. The maximum atomic E-state index is 12.4. The number of nitrogens with one attached hydrogen (secondary N) is 3. The van der Waals surface area contributed by atoms with Crippen molar-refractivity contribution >= 4 is 29.5 Å². The first-order chi connectivity index (χ1) is 15.2. The molecule has 0 bridgehead atoms. The summed E-state index contributed by atoms with van der Waals surface area (Å²) in [4.78, 5) is 36.1. The molecule has 0 aliphatic carbocycles. The number of benzene rings is 1. The lowest BCUT2D eigenvalue weighted by atomic mass is 10.1. The van der Waals surface area contributed by atoms with Crippen LogP contribution < -0.4 is 20.9 Å². The second kappa shape index (κ2) is 8.64. The Labute approximate surface area is 188 Å². The second-order valence-electron chi connectivity index (χ2n) is 9.30. The molecule has 1 atom stereocenters.